The Hall–Kier alpha value is -1.31. The SMILES string of the molecule is C/C=C/C=C/C(=O)O.[C-]#[O+].[C-]#[O+].[C-]#[O+].[Fe]. The van der Waals surface area contributed by atoms with Crippen molar-refractivity contribution in [2.45, 2.75) is 6.92 Å². The molecular weight excluding hydrogens is 244 g/mol. The van der Waals surface area contributed by atoms with E-state index in [1.54, 1.807) is 12.2 Å². The third-order valence-corrected chi connectivity index (χ3v) is 0.542. The third kappa shape index (κ3) is 107. The summed E-state index contributed by atoms with van der Waals surface area (Å²) in [6.07, 6.45) is 5.98. The second-order valence-electron chi connectivity index (χ2n) is 1.22. The van der Waals surface area contributed by atoms with Crippen LogP contribution in [-0.4, -0.2) is 11.1 Å². The molecule has 0 radical (unpaired) electrons. The van der Waals surface area contributed by atoms with Gasteiger partial charge in [0.05, 0.1) is 0 Å². The summed E-state index contributed by atoms with van der Waals surface area (Å²) in [5.74, 6) is -0.914. The van der Waals surface area contributed by atoms with Crippen molar-refractivity contribution < 1.29 is 40.9 Å². The fourth-order valence-electron chi connectivity index (χ4n) is 0.249. The van der Waals surface area contributed by atoms with Crippen LogP contribution in [0.1, 0.15) is 6.92 Å². The number of rotatable bonds is 2. The smallest absolute Gasteiger partial charge is 0 e. The molecule has 0 aliphatic carbocycles. The molecule has 0 atom stereocenters. The molecule has 1 N–H and O–H groups in total. The maximum absolute atomic E-state index is 9.75. The van der Waals surface area contributed by atoms with Gasteiger partial charge in [0.1, 0.15) is 0 Å². The van der Waals surface area contributed by atoms with Crippen molar-refractivity contribution >= 4 is 5.97 Å². The molecule has 0 unspecified atom stereocenters. The summed E-state index contributed by atoms with van der Waals surface area (Å²) in [7, 11) is 0. The Morgan fingerprint density at radius 2 is 1.40 bits per heavy atom. The van der Waals surface area contributed by atoms with E-state index in [1.165, 1.54) is 6.08 Å². The summed E-state index contributed by atoms with van der Waals surface area (Å²) in [6, 6.07) is 0. The topological polar surface area (TPSA) is 97.0 Å². The van der Waals surface area contributed by atoms with Crippen LogP contribution in [0.25, 0.3) is 0 Å². The molecule has 0 aromatic rings. The van der Waals surface area contributed by atoms with E-state index in [1.807, 2.05) is 6.92 Å². The summed E-state index contributed by atoms with van der Waals surface area (Å²) in [5, 5.41) is 8.02. The van der Waals surface area contributed by atoms with Crippen molar-refractivity contribution in [3.8, 4) is 0 Å². The van der Waals surface area contributed by atoms with Crippen LogP contribution >= 0.6 is 0 Å². The quantitative estimate of drug-likeness (QED) is 0.261. The van der Waals surface area contributed by atoms with E-state index in [2.05, 4.69) is 20.0 Å². The Morgan fingerprint density at radius 3 is 1.60 bits per heavy atom. The molecule has 0 saturated carbocycles. The van der Waals surface area contributed by atoms with Crippen LogP contribution in [0.2, 0.25) is 0 Å². The van der Waals surface area contributed by atoms with E-state index < -0.39 is 5.97 Å². The van der Waals surface area contributed by atoms with Crippen LogP contribution in [0.4, 0.5) is 0 Å². The molecular formula is C9H8FeO5. The second-order valence-corrected chi connectivity index (χ2v) is 1.22. The minimum absolute atomic E-state index is 0. The minimum Gasteiger partial charge on any atom is 0 e. The molecule has 15 heavy (non-hydrogen) atoms. The van der Waals surface area contributed by atoms with Gasteiger partial charge in [-0.15, -0.1) is 0 Å². The first-order chi connectivity index (χ1) is 6.77. The molecule has 0 aromatic heterocycles. The van der Waals surface area contributed by atoms with E-state index in [9.17, 15) is 4.79 Å². The number of hydrogen-bond donors (Lipinski definition) is 1. The van der Waals surface area contributed by atoms with Crippen LogP contribution in [0.15, 0.2) is 24.3 Å². The van der Waals surface area contributed by atoms with Gasteiger partial charge in [0.2, 0.25) is 0 Å². The number of carboxylic acids is 1. The number of hydrogen-bond acceptors (Lipinski definition) is 1. The largest absolute Gasteiger partial charge is 0 e. The Balaban J connectivity index is -0.0000000410. The summed E-state index contributed by atoms with van der Waals surface area (Å²) in [5.41, 5.74) is 0. The van der Waals surface area contributed by atoms with Gasteiger partial charge in [-0.3, -0.25) is 0 Å². The molecule has 0 bridgehead atoms. The molecule has 0 heterocycles. The van der Waals surface area contributed by atoms with E-state index in [0.29, 0.717) is 0 Å². The van der Waals surface area contributed by atoms with Crippen LogP contribution in [0.3, 0.4) is 0 Å². The first-order valence-electron chi connectivity index (χ1n) is 2.91. The Morgan fingerprint density at radius 1 is 1.07 bits per heavy atom. The standard InChI is InChI=1S/C6H8O2.3CO.Fe/c1-2-3-4-5-6(7)8;3*1-2;/h2-5H,1H3,(H,7,8);;;;/b3-2+,5-4+;;;;. The van der Waals surface area contributed by atoms with Gasteiger partial charge in [0, 0.05) is 23.1 Å². The summed E-state index contributed by atoms with van der Waals surface area (Å²) in [6.45, 7) is 15.3. The zero-order valence-corrected chi connectivity index (χ0v) is 8.85. The molecule has 0 rings (SSSR count). The van der Waals surface area contributed by atoms with Gasteiger partial charge in [0.15, 0.2) is 0 Å². The van der Waals surface area contributed by atoms with Crippen molar-refractivity contribution in [1.29, 1.82) is 0 Å². The molecule has 0 amide bonds. The first-order valence-corrected chi connectivity index (χ1v) is 2.91. The van der Waals surface area contributed by atoms with E-state index in [4.69, 9.17) is 19.1 Å². The van der Waals surface area contributed by atoms with Gasteiger partial charge in [-0.1, -0.05) is 18.2 Å². The van der Waals surface area contributed by atoms with E-state index in [0.717, 1.165) is 6.08 Å². The zero-order chi connectivity index (χ0) is 12.4. The third-order valence-electron chi connectivity index (χ3n) is 0.542. The number of aliphatic carboxylic acids is 1. The molecule has 0 aromatic carbocycles. The molecule has 5 nitrogen and oxygen atoms in total. The molecule has 0 aliphatic rings. The van der Waals surface area contributed by atoms with Gasteiger partial charge >= 0.3 is 39.9 Å². The first kappa shape index (κ1) is 29.2. The molecule has 0 fully saturated rings. The summed E-state index contributed by atoms with van der Waals surface area (Å²) in [4.78, 5) is 9.75. The second kappa shape index (κ2) is 53.6. The average Bonchev–Trinajstić information content (AvgIpc) is 2.27. The number of carboxylic acid groups (broad SMARTS) is 1. The Bertz CT molecular complexity index is 210. The Labute approximate surface area is 98.5 Å². The predicted molar refractivity (Wildman–Crippen MR) is 43.4 cm³/mol. The van der Waals surface area contributed by atoms with Gasteiger partial charge in [-0.05, 0) is 6.92 Å². The summed E-state index contributed by atoms with van der Waals surface area (Å²) < 4.78 is 22.5. The van der Waals surface area contributed by atoms with Crippen LogP contribution in [0, 0.1) is 20.0 Å². The number of allylic oxidation sites excluding steroid dienone is 3. The fourth-order valence-corrected chi connectivity index (χ4v) is 0.249. The van der Waals surface area contributed by atoms with Crippen molar-refractivity contribution in [3.05, 3.63) is 44.3 Å². The maximum Gasteiger partial charge on any atom is 0 e. The monoisotopic (exact) mass is 252 g/mol. The Kier molecular flexibility index (Phi) is 104. The predicted octanol–water partition coefficient (Wildman–Crippen LogP) is 1.09. The van der Waals surface area contributed by atoms with E-state index in [-0.39, 0.29) is 17.1 Å². The van der Waals surface area contributed by atoms with Crippen LogP contribution in [0.5, 0.6) is 0 Å². The van der Waals surface area contributed by atoms with E-state index >= 15 is 0 Å². The molecule has 0 aliphatic heterocycles. The van der Waals surface area contributed by atoms with Gasteiger partial charge < -0.3 is 5.11 Å². The van der Waals surface area contributed by atoms with Crippen LogP contribution < -0.4 is 0 Å². The normalized spacial score (nSPS) is 6.33. The zero-order valence-electron chi connectivity index (χ0n) is 7.74. The number of carbonyl (C=O) groups is 1. The molecule has 0 saturated heterocycles. The average molecular weight is 252 g/mol. The molecule has 6 heteroatoms. The molecule has 82 valence electrons. The van der Waals surface area contributed by atoms with Gasteiger partial charge in [-0.2, -0.15) is 0 Å². The van der Waals surface area contributed by atoms with Crippen molar-refractivity contribution in [3.63, 3.8) is 0 Å². The van der Waals surface area contributed by atoms with Gasteiger partial charge in [0.25, 0.3) is 0 Å². The van der Waals surface area contributed by atoms with Crippen molar-refractivity contribution in [1.82, 2.24) is 0 Å². The van der Waals surface area contributed by atoms with Crippen LogP contribution in [-0.2, 0) is 35.8 Å². The maximum atomic E-state index is 9.75. The fraction of sp³-hybridized carbons (Fsp3) is 0.111. The molecule has 0 spiro atoms. The minimum atomic E-state index is -0.914. The van der Waals surface area contributed by atoms with Crippen molar-refractivity contribution in [2.24, 2.45) is 0 Å². The van der Waals surface area contributed by atoms with Crippen molar-refractivity contribution in [2.75, 3.05) is 0 Å². The van der Waals surface area contributed by atoms with Gasteiger partial charge in [-0.25, -0.2) is 4.79 Å². The summed E-state index contributed by atoms with van der Waals surface area (Å²) >= 11 is 0.